The summed E-state index contributed by atoms with van der Waals surface area (Å²) in [4.78, 5) is 0. The zero-order valence-corrected chi connectivity index (χ0v) is 7.01. The van der Waals surface area contributed by atoms with Crippen molar-refractivity contribution in [2.75, 3.05) is 5.73 Å². The maximum atomic E-state index is 12.1. The molecular weight excluding hydrogens is 181 g/mol. The van der Waals surface area contributed by atoms with Gasteiger partial charge in [-0.1, -0.05) is 12.1 Å². The van der Waals surface area contributed by atoms with Gasteiger partial charge in [0, 0.05) is 5.69 Å². The van der Waals surface area contributed by atoms with Gasteiger partial charge in [0.05, 0.1) is 0 Å². The quantitative estimate of drug-likeness (QED) is 0.559. The summed E-state index contributed by atoms with van der Waals surface area (Å²) in [5.74, 6) is -0.590. The summed E-state index contributed by atoms with van der Waals surface area (Å²) < 4.78 is 32.5. The van der Waals surface area contributed by atoms with Gasteiger partial charge in [-0.15, -0.1) is 3.89 Å². The van der Waals surface area contributed by atoms with Crippen LogP contribution < -0.4 is 5.73 Å². The average molecular weight is 189 g/mol. The highest BCUT2D eigenvalue weighted by molar-refractivity contribution is 7.85. The van der Waals surface area contributed by atoms with Crippen LogP contribution in [0.15, 0.2) is 24.3 Å². The van der Waals surface area contributed by atoms with Gasteiger partial charge in [0.1, 0.15) is 5.75 Å². The lowest BCUT2D eigenvalue weighted by molar-refractivity contribution is 0.551. The van der Waals surface area contributed by atoms with Crippen molar-refractivity contribution in [2.24, 2.45) is 0 Å². The topological polar surface area (TPSA) is 60.2 Å². The van der Waals surface area contributed by atoms with Crippen LogP contribution in [0.2, 0.25) is 0 Å². The SMILES string of the molecule is Nc1ccc(CS(=O)(=O)F)cc1. The smallest absolute Gasteiger partial charge is 0.306 e. The van der Waals surface area contributed by atoms with E-state index in [9.17, 15) is 12.3 Å². The third kappa shape index (κ3) is 2.87. The van der Waals surface area contributed by atoms with Crippen LogP contribution in [0, 0.1) is 0 Å². The Balaban J connectivity index is 2.85. The summed E-state index contributed by atoms with van der Waals surface area (Å²) in [5.41, 5.74) is 6.27. The summed E-state index contributed by atoms with van der Waals surface area (Å²) in [6, 6.07) is 6.01. The molecule has 0 spiro atoms. The highest BCUT2D eigenvalue weighted by Gasteiger charge is 2.07. The largest absolute Gasteiger partial charge is 0.399 e. The molecule has 0 saturated carbocycles. The summed E-state index contributed by atoms with van der Waals surface area (Å²) in [6.45, 7) is 0. The summed E-state index contributed by atoms with van der Waals surface area (Å²) in [6.07, 6.45) is 0. The van der Waals surface area contributed by atoms with E-state index in [0.29, 0.717) is 11.3 Å². The molecule has 12 heavy (non-hydrogen) atoms. The molecular formula is C7H8FNO2S. The number of halogens is 1. The molecule has 0 bridgehead atoms. The molecule has 0 amide bonds. The normalized spacial score (nSPS) is 11.4. The van der Waals surface area contributed by atoms with E-state index in [1.807, 2.05) is 0 Å². The first-order chi connectivity index (χ1) is 5.47. The van der Waals surface area contributed by atoms with Gasteiger partial charge in [0.2, 0.25) is 0 Å². The molecule has 1 aromatic rings. The van der Waals surface area contributed by atoms with E-state index in [0.717, 1.165) is 0 Å². The van der Waals surface area contributed by atoms with E-state index < -0.39 is 16.0 Å². The molecule has 0 fully saturated rings. The summed E-state index contributed by atoms with van der Waals surface area (Å²) >= 11 is 0. The Morgan fingerprint density at radius 1 is 1.25 bits per heavy atom. The van der Waals surface area contributed by atoms with Crippen LogP contribution in [0.1, 0.15) is 5.56 Å². The highest BCUT2D eigenvalue weighted by Crippen LogP contribution is 2.09. The number of rotatable bonds is 2. The van der Waals surface area contributed by atoms with E-state index >= 15 is 0 Å². The maximum absolute atomic E-state index is 12.1. The second-order valence-electron chi connectivity index (χ2n) is 2.42. The van der Waals surface area contributed by atoms with Gasteiger partial charge in [0.25, 0.3) is 0 Å². The van der Waals surface area contributed by atoms with Gasteiger partial charge < -0.3 is 5.73 Å². The number of hydrogen-bond acceptors (Lipinski definition) is 3. The molecule has 0 unspecified atom stereocenters. The number of benzene rings is 1. The van der Waals surface area contributed by atoms with Crippen LogP contribution in [-0.2, 0) is 16.0 Å². The van der Waals surface area contributed by atoms with Crippen LogP contribution >= 0.6 is 0 Å². The molecule has 0 aliphatic carbocycles. The van der Waals surface area contributed by atoms with Gasteiger partial charge in [-0.05, 0) is 17.7 Å². The number of nitrogen functional groups attached to an aromatic ring is 1. The van der Waals surface area contributed by atoms with Crippen molar-refractivity contribution in [3.8, 4) is 0 Å². The lowest BCUT2D eigenvalue weighted by Gasteiger charge is -1.96. The van der Waals surface area contributed by atoms with Crippen molar-refractivity contribution < 1.29 is 12.3 Å². The predicted octanol–water partition coefficient (Wildman–Crippen LogP) is 1.07. The first-order valence-electron chi connectivity index (χ1n) is 3.24. The zero-order valence-electron chi connectivity index (χ0n) is 6.20. The fraction of sp³-hybridized carbons (Fsp3) is 0.143. The summed E-state index contributed by atoms with van der Waals surface area (Å²) in [5, 5.41) is 0. The lowest BCUT2D eigenvalue weighted by atomic mass is 10.2. The minimum absolute atomic E-state index is 0.395. The van der Waals surface area contributed by atoms with E-state index in [4.69, 9.17) is 5.73 Å². The lowest BCUT2D eigenvalue weighted by Crippen LogP contribution is -1.96. The third-order valence-electron chi connectivity index (χ3n) is 1.32. The number of anilines is 1. The van der Waals surface area contributed by atoms with Crippen molar-refractivity contribution >= 4 is 15.9 Å². The van der Waals surface area contributed by atoms with Crippen LogP contribution in [0.25, 0.3) is 0 Å². The first kappa shape index (κ1) is 8.99. The Morgan fingerprint density at radius 3 is 2.17 bits per heavy atom. The van der Waals surface area contributed by atoms with Crippen LogP contribution in [0.5, 0.6) is 0 Å². The van der Waals surface area contributed by atoms with Gasteiger partial charge >= 0.3 is 10.2 Å². The summed E-state index contributed by atoms with van der Waals surface area (Å²) in [7, 11) is -4.43. The van der Waals surface area contributed by atoms with Gasteiger partial charge in [-0.3, -0.25) is 0 Å². The van der Waals surface area contributed by atoms with E-state index in [1.54, 1.807) is 0 Å². The van der Waals surface area contributed by atoms with Gasteiger partial charge in [-0.25, -0.2) is 0 Å². The van der Waals surface area contributed by atoms with Crippen LogP contribution in [0.4, 0.5) is 9.57 Å². The molecule has 0 aliphatic heterocycles. The second-order valence-corrected chi connectivity index (χ2v) is 3.79. The predicted molar refractivity (Wildman–Crippen MR) is 44.6 cm³/mol. The molecule has 0 aromatic heterocycles. The standard InChI is InChI=1S/C7H8FNO2S/c8-12(10,11)5-6-1-3-7(9)4-2-6/h1-4H,5,9H2. The Hall–Kier alpha value is -1.10. The maximum Gasteiger partial charge on any atom is 0.306 e. The number of hydrogen-bond donors (Lipinski definition) is 1. The van der Waals surface area contributed by atoms with Crippen LogP contribution in [-0.4, -0.2) is 8.42 Å². The van der Waals surface area contributed by atoms with Crippen LogP contribution in [0.3, 0.4) is 0 Å². The van der Waals surface area contributed by atoms with Crippen molar-refractivity contribution in [2.45, 2.75) is 5.75 Å². The molecule has 66 valence electrons. The van der Waals surface area contributed by atoms with E-state index in [2.05, 4.69) is 0 Å². The fourth-order valence-electron chi connectivity index (χ4n) is 0.813. The molecule has 3 nitrogen and oxygen atoms in total. The minimum atomic E-state index is -4.43. The Labute approximate surface area is 70.2 Å². The van der Waals surface area contributed by atoms with Crippen molar-refractivity contribution in [1.29, 1.82) is 0 Å². The third-order valence-corrected chi connectivity index (χ3v) is 2.00. The second kappa shape index (κ2) is 3.10. The molecule has 0 radical (unpaired) electrons. The van der Waals surface area contributed by atoms with E-state index in [1.165, 1.54) is 24.3 Å². The molecule has 1 aromatic carbocycles. The molecule has 0 aliphatic rings. The Kier molecular flexibility index (Phi) is 2.32. The molecule has 1 rings (SSSR count). The number of nitrogens with two attached hydrogens (primary N) is 1. The zero-order chi connectivity index (χ0) is 9.19. The van der Waals surface area contributed by atoms with Gasteiger partial charge in [-0.2, -0.15) is 8.42 Å². The molecule has 0 saturated heterocycles. The van der Waals surface area contributed by atoms with Crippen molar-refractivity contribution in [3.63, 3.8) is 0 Å². The fourth-order valence-corrected chi connectivity index (χ4v) is 1.40. The minimum Gasteiger partial charge on any atom is -0.399 e. The Bertz CT molecular complexity index is 357. The average Bonchev–Trinajstić information content (AvgIpc) is 1.91. The van der Waals surface area contributed by atoms with Crippen molar-refractivity contribution in [3.05, 3.63) is 29.8 Å². The molecule has 2 N–H and O–H groups in total. The van der Waals surface area contributed by atoms with E-state index in [-0.39, 0.29) is 0 Å². The van der Waals surface area contributed by atoms with Gasteiger partial charge in [0.15, 0.2) is 0 Å². The molecule has 0 atom stereocenters. The molecule has 0 heterocycles. The Morgan fingerprint density at radius 2 is 1.75 bits per heavy atom. The molecule has 5 heteroatoms. The highest BCUT2D eigenvalue weighted by atomic mass is 32.3. The monoisotopic (exact) mass is 189 g/mol. The first-order valence-corrected chi connectivity index (χ1v) is 4.79. The van der Waals surface area contributed by atoms with Crippen molar-refractivity contribution in [1.82, 2.24) is 0 Å².